The molecule has 0 bridgehead atoms. The highest BCUT2D eigenvalue weighted by molar-refractivity contribution is 7.25. The summed E-state index contributed by atoms with van der Waals surface area (Å²) in [5.74, 6) is 0.880. The molecule has 5 heterocycles. The summed E-state index contributed by atoms with van der Waals surface area (Å²) in [5, 5.41) is 5.85. The Hall–Kier alpha value is -3.03. The largest absolute Gasteiger partial charge is 0.370 e. The number of nitrogens with one attached hydrogen (secondary N) is 2. The number of rotatable bonds is 4. The highest BCUT2D eigenvalue weighted by atomic mass is 32.1. The molecule has 0 spiro atoms. The Bertz CT molecular complexity index is 1430. The Labute approximate surface area is 183 Å². The number of aromatic amines is 1. The van der Waals surface area contributed by atoms with Crippen molar-refractivity contribution in [1.29, 1.82) is 0 Å². The van der Waals surface area contributed by atoms with Gasteiger partial charge in [0.15, 0.2) is 0 Å². The SMILES string of the molecule is CC1(C)Cc2nc3sc4c(NCCc5ccc6[nH]ccc6c5)ncnc4c3cc2CO1. The number of hydrogen-bond acceptors (Lipinski definition) is 6. The van der Waals surface area contributed by atoms with Crippen LogP contribution in [0, 0.1) is 0 Å². The van der Waals surface area contributed by atoms with E-state index in [0.29, 0.717) is 6.61 Å². The van der Waals surface area contributed by atoms with Gasteiger partial charge in [-0.2, -0.15) is 0 Å². The van der Waals surface area contributed by atoms with Crippen LogP contribution in [-0.2, 0) is 24.2 Å². The van der Waals surface area contributed by atoms with Gasteiger partial charge in [0.2, 0.25) is 0 Å². The topological polar surface area (TPSA) is 75.7 Å². The molecule has 0 saturated heterocycles. The highest BCUT2D eigenvalue weighted by Crippen LogP contribution is 2.37. The minimum absolute atomic E-state index is 0.166. The van der Waals surface area contributed by atoms with Gasteiger partial charge in [0.1, 0.15) is 17.0 Å². The zero-order valence-corrected chi connectivity index (χ0v) is 18.3. The second-order valence-corrected chi connectivity index (χ2v) is 9.75. The first kappa shape index (κ1) is 18.7. The number of thiophene rings is 1. The summed E-state index contributed by atoms with van der Waals surface area (Å²) >= 11 is 1.67. The van der Waals surface area contributed by atoms with E-state index in [4.69, 9.17) is 9.72 Å². The minimum atomic E-state index is -0.166. The fourth-order valence-corrected chi connectivity index (χ4v) is 5.39. The van der Waals surface area contributed by atoms with Gasteiger partial charge in [0.05, 0.1) is 28.1 Å². The number of anilines is 1. The molecule has 6 nitrogen and oxygen atoms in total. The Morgan fingerprint density at radius 2 is 2.13 bits per heavy atom. The molecule has 1 aliphatic rings. The van der Waals surface area contributed by atoms with Gasteiger partial charge >= 0.3 is 0 Å². The Morgan fingerprint density at radius 1 is 1.19 bits per heavy atom. The van der Waals surface area contributed by atoms with E-state index >= 15 is 0 Å². The van der Waals surface area contributed by atoms with Crippen molar-refractivity contribution in [2.45, 2.75) is 38.9 Å². The fraction of sp³-hybridized carbons (Fsp3) is 0.292. The lowest BCUT2D eigenvalue weighted by molar-refractivity contribution is -0.0411. The molecule has 0 unspecified atom stereocenters. The van der Waals surface area contributed by atoms with Gasteiger partial charge in [0, 0.05) is 35.6 Å². The Balaban J connectivity index is 1.29. The maximum absolute atomic E-state index is 5.99. The van der Waals surface area contributed by atoms with Crippen LogP contribution in [0.3, 0.4) is 0 Å². The molecule has 1 aromatic carbocycles. The third-order valence-electron chi connectivity index (χ3n) is 5.95. The molecule has 6 rings (SSSR count). The van der Waals surface area contributed by atoms with Crippen LogP contribution in [0.2, 0.25) is 0 Å². The summed E-state index contributed by atoms with van der Waals surface area (Å²) in [7, 11) is 0. The third kappa shape index (κ3) is 3.34. The van der Waals surface area contributed by atoms with Crippen LogP contribution in [0.1, 0.15) is 30.7 Å². The van der Waals surface area contributed by atoms with Crippen LogP contribution >= 0.6 is 11.3 Å². The summed E-state index contributed by atoms with van der Waals surface area (Å²) in [6.07, 6.45) is 5.37. The quantitative estimate of drug-likeness (QED) is 0.409. The van der Waals surface area contributed by atoms with Gasteiger partial charge in [-0.3, -0.25) is 0 Å². The summed E-state index contributed by atoms with van der Waals surface area (Å²) in [6.45, 7) is 5.65. The van der Waals surface area contributed by atoms with Crippen LogP contribution in [0.15, 0.2) is 42.9 Å². The molecule has 0 aliphatic carbocycles. The Kier molecular flexibility index (Phi) is 4.23. The molecule has 0 amide bonds. The lowest BCUT2D eigenvalue weighted by Gasteiger charge is -2.30. The molecule has 7 heteroatoms. The molecule has 0 saturated carbocycles. The molecule has 5 aromatic rings. The van der Waals surface area contributed by atoms with Gasteiger partial charge < -0.3 is 15.0 Å². The molecule has 0 radical (unpaired) electrons. The average molecular weight is 430 g/mol. The maximum Gasteiger partial charge on any atom is 0.147 e. The van der Waals surface area contributed by atoms with Crippen LogP contribution in [0.5, 0.6) is 0 Å². The van der Waals surface area contributed by atoms with E-state index in [1.807, 2.05) is 6.20 Å². The number of nitrogens with zero attached hydrogens (tertiary/aromatic N) is 3. The van der Waals surface area contributed by atoms with E-state index in [-0.39, 0.29) is 5.60 Å². The van der Waals surface area contributed by atoms with Crippen LogP contribution < -0.4 is 5.32 Å². The zero-order chi connectivity index (χ0) is 21.0. The lowest BCUT2D eigenvalue weighted by Crippen LogP contribution is -2.32. The molecule has 0 atom stereocenters. The van der Waals surface area contributed by atoms with Gasteiger partial charge in [-0.25, -0.2) is 15.0 Å². The van der Waals surface area contributed by atoms with Crippen LogP contribution in [-0.4, -0.2) is 32.1 Å². The van der Waals surface area contributed by atoms with Crippen molar-refractivity contribution in [3.63, 3.8) is 0 Å². The molecule has 2 N–H and O–H groups in total. The van der Waals surface area contributed by atoms with E-state index < -0.39 is 0 Å². The summed E-state index contributed by atoms with van der Waals surface area (Å²) in [4.78, 5) is 18.3. The number of ether oxygens (including phenoxy) is 1. The predicted octanol–water partition coefficient (Wildman–Crippen LogP) is 5.23. The normalized spacial score (nSPS) is 15.5. The van der Waals surface area contributed by atoms with E-state index in [0.717, 1.165) is 51.3 Å². The molecular weight excluding hydrogens is 406 g/mol. The summed E-state index contributed by atoms with van der Waals surface area (Å²) in [6, 6.07) is 10.9. The lowest BCUT2D eigenvalue weighted by atomic mass is 9.95. The molecule has 4 aromatic heterocycles. The number of H-pyrrole nitrogens is 1. The van der Waals surface area contributed by atoms with E-state index in [1.165, 1.54) is 22.0 Å². The Morgan fingerprint density at radius 3 is 3.06 bits per heavy atom. The second kappa shape index (κ2) is 7.00. The zero-order valence-electron chi connectivity index (χ0n) is 17.5. The number of pyridine rings is 1. The monoisotopic (exact) mass is 429 g/mol. The van der Waals surface area contributed by atoms with Crippen molar-refractivity contribution in [2.75, 3.05) is 11.9 Å². The van der Waals surface area contributed by atoms with Crippen molar-refractivity contribution in [2.24, 2.45) is 0 Å². The number of fused-ring (bicyclic) bond motifs is 5. The number of benzene rings is 1. The smallest absolute Gasteiger partial charge is 0.147 e. The van der Waals surface area contributed by atoms with Gasteiger partial charge in [-0.05, 0) is 55.5 Å². The van der Waals surface area contributed by atoms with Crippen molar-refractivity contribution < 1.29 is 4.74 Å². The van der Waals surface area contributed by atoms with Crippen molar-refractivity contribution in [3.05, 3.63) is 59.7 Å². The van der Waals surface area contributed by atoms with Crippen molar-refractivity contribution in [1.82, 2.24) is 19.9 Å². The first-order chi connectivity index (χ1) is 15.1. The summed E-state index contributed by atoms with van der Waals surface area (Å²) < 4.78 is 7.05. The van der Waals surface area contributed by atoms with Crippen molar-refractivity contribution >= 4 is 48.5 Å². The van der Waals surface area contributed by atoms with Crippen molar-refractivity contribution in [3.8, 4) is 0 Å². The second-order valence-electron chi connectivity index (χ2n) is 8.75. The molecule has 0 fully saturated rings. The predicted molar refractivity (Wildman–Crippen MR) is 126 cm³/mol. The first-order valence-electron chi connectivity index (χ1n) is 10.6. The average Bonchev–Trinajstić information content (AvgIpc) is 3.36. The first-order valence-corrected chi connectivity index (χ1v) is 11.4. The van der Waals surface area contributed by atoms with Gasteiger partial charge in [-0.1, -0.05) is 6.07 Å². The molecule has 31 heavy (non-hydrogen) atoms. The standard InChI is InChI=1S/C24H23N5OS/c1-24(2)11-19-16(12-30-24)10-17-20-21(31-23(17)29-19)22(28-13-27-20)26-7-5-14-3-4-18-15(9-14)6-8-25-18/h3-4,6,8-10,13,25H,5,7,11-12H2,1-2H3,(H,26,27,28). The third-order valence-corrected chi connectivity index (χ3v) is 7.04. The molecule has 1 aliphatic heterocycles. The fourth-order valence-electron chi connectivity index (χ4n) is 4.30. The maximum atomic E-state index is 5.99. The van der Waals surface area contributed by atoms with E-state index in [2.05, 4.69) is 64.4 Å². The van der Waals surface area contributed by atoms with Gasteiger partial charge in [-0.15, -0.1) is 11.3 Å². The molecule has 156 valence electrons. The minimum Gasteiger partial charge on any atom is -0.370 e. The highest BCUT2D eigenvalue weighted by Gasteiger charge is 2.28. The molecular formula is C24H23N5OS. The summed E-state index contributed by atoms with van der Waals surface area (Å²) in [5.41, 5.74) is 5.58. The van der Waals surface area contributed by atoms with Crippen LogP contribution in [0.25, 0.3) is 31.3 Å². The van der Waals surface area contributed by atoms with Gasteiger partial charge in [0.25, 0.3) is 0 Å². The number of aromatic nitrogens is 4. The van der Waals surface area contributed by atoms with E-state index in [9.17, 15) is 0 Å². The van der Waals surface area contributed by atoms with E-state index in [1.54, 1.807) is 17.7 Å². The van der Waals surface area contributed by atoms with Crippen LogP contribution in [0.4, 0.5) is 5.82 Å². The number of hydrogen-bond donors (Lipinski definition) is 2.